The maximum atomic E-state index is 14.4. The minimum atomic E-state index is -0.955. The van der Waals surface area contributed by atoms with Gasteiger partial charge in [-0.1, -0.05) is 12.1 Å². The fourth-order valence-electron chi connectivity index (χ4n) is 5.29. The van der Waals surface area contributed by atoms with Crippen LogP contribution in [0.5, 0.6) is 0 Å². The van der Waals surface area contributed by atoms with Crippen LogP contribution in [0.1, 0.15) is 55.1 Å². The molecule has 2 aliphatic carbocycles. The highest BCUT2D eigenvalue weighted by Gasteiger charge is 2.48. The van der Waals surface area contributed by atoms with Crippen LogP contribution in [0.4, 0.5) is 10.1 Å². The van der Waals surface area contributed by atoms with Gasteiger partial charge in [0, 0.05) is 37.0 Å². The summed E-state index contributed by atoms with van der Waals surface area (Å²) in [7, 11) is 0. The van der Waals surface area contributed by atoms with Crippen molar-refractivity contribution in [1.82, 2.24) is 4.98 Å². The van der Waals surface area contributed by atoms with Gasteiger partial charge >= 0.3 is 0 Å². The van der Waals surface area contributed by atoms with Gasteiger partial charge in [0.05, 0.1) is 40.3 Å². The monoisotopic (exact) mass is 467 g/mol. The van der Waals surface area contributed by atoms with Crippen LogP contribution in [0.2, 0.25) is 0 Å². The summed E-state index contributed by atoms with van der Waals surface area (Å²) >= 11 is 1.64. The zero-order valence-corrected chi connectivity index (χ0v) is 19.9. The average molecular weight is 468 g/mol. The van der Waals surface area contributed by atoms with E-state index < -0.39 is 17.5 Å². The molecule has 0 N–H and O–H groups in total. The van der Waals surface area contributed by atoms with Gasteiger partial charge in [-0.25, -0.2) is 9.37 Å². The number of aryl methyl sites for hydroxylation is 1. The Morgan fingerprint density at radius 3 is 2.67 bits per heavy atom. The number of thiazole rings is 1. The Balaban J connectivity index is 1.42. The molecule has 0 radical (unpaired) electrons. The number of morpholine rings is 1. The van der Waals surface area contributed by atoms with Gasteiger partial charge < -0.3 is 9.64 Å². The van der Waals surface area contributed by atoms with Crippen LogP contribution in [0.3, 0.4) is 0 Å². The molecule has 2 heterocycles. The number of alkyl halides is 1. The Morgan fingerprint density at radius 2 is 2.00 bits per heavy atom. The van der Waals surface area contributed by atoms with Crippen molar-refractivity contribution < 1.29 is 13.9 Å². The van der Waals surface area contributed by atoms with Gasteiger partial charge in [0.15, 0.2) is 0 Å². The van der Waals surface area contributed by atoms with Gasteiger partial charge in [-0.15, -0.1) is 11.3 Å². The third-order valence-corrected chi connectivity index (χ3v) is 8.46. The molecule has 7 heteroatoms. The van der Waals surface area contributed by atoms with E-state index in [9.17, 15) is 14.4 Å². The normalized spacial score (nSPS) is 26.6. The number of aromatic nitrogens is 1. The number of nitrogens with zero attached hydrogens (tertiary/aromatic N) is 3. The number of benzene rings is 1. The van der Waals surface area contributed by atoms with Crippen molar-refractivity contribution >= 4 is 22.8 Å². The van der Waals surface area contributed by atoms with E-state index in [1.54, 1.807) is 11.3 Å². The van der Waals surface area contributed by atoms with Gasteiger partial charge in [-0.3, -0.25) is 4.79 Å². The first kappa shape index (κ1) is 22.5. The largest absolute Gasteiger partial charge is 0.378 e. The van der Waals surface area contributed by atoms with Crippen molar-refractivity contribution in [3.8, 4) is 16.5 Å². The number of anilines is 1. The highest BCUT2D eigenvalue weighted by molar-refractivity contribution is 7.15. The van der Waals surface area contributed by atoms with E-state index in [-0.39, 0.29) is 24.5 Å². The molecule has 1 aromatic carbocycles. The molecule has 1 saturated heterocycles. The SMILES string of the molecule is Cc1nc([C@@H]2CC[C@H](F)C[C@H]2C(=O)CC2(C#N)CC2)c(-c2ccc(N3CCOCC3)cc2)s1. The molecule has 3 atom stereocenters. The Kier molecular flexibility index (Phi) is 6.24. The summed E-state index contributed by atoms with van der Waals surface area (Å²) in [6.07, 6.45) is 2.19. The number of Topliss-reactive ketones (excluding diaryl/α,β-unsaturated/α-hetero) is 1. The van der Waals surface area contributed by atoms with Gasteiger partial charge in [0.25, 0.3) is 0 Å². The molecule has 2 aromatic rings. The lowest BCUT2D eigenvalue weighted by molar-refractivity contribution is -0.126. The maximum absolute atomic E-state index is 14.4. The number of carbonyl (C=O) groups is 1. The van der Waals surface area contributed by atoms with E-state index in [1.807, 2.05) is 6.92 Å². The van der Waals surface area contributed by atoms with Crippen molar-refractivity contribution in [3.63, 3.8) is 0 Å². The van der Waals surface area contributed by atoms with Crippen LogP contribution in [0.25, 0.3) is 10.4 Å². The summed E-state index contributed by atoms with van der Waals surface area (Å²) in [6, 6.07) is 10.9. The molecule has 0 spiro atoms. The molecule has 2 saturated carbocycles. The first-order valence-corrected chi connectivity index (χ1v) is 12.8. The highest BCUT2D eigenvalue weighted by Crippen LogP contribution is 2.51. The van der Waals surface area contributed by atoms with Crippen molar-refractivity contribution in [2.75, 3.05) is 31.2 Å². The lowest BCUT2D eigenvalue weighted by Gasteiger charge is -2.32. The second-order valence-corrected chi connectivity index (χ2v) is 11.0. The number of ketones is 1. The maximum Gasteiger partial charge on any atom is 0.138 e. The molecule has 1 aromatic heterocycles. The zero-order chi connectivity index (χ0) is 23.0. The summed E-state index contributed by atoms with van der Waals surface area (Å²) < 4.78 is 19.9. The molecule has 0 bridgehead atoms. The summed E-state index contributed by atoms with van der Waals surface area (Å²) in [4.78, 5) is 21.5. The molecule has 0 amide bonds. The van der Waals surface area contributed by atoms with Crippen molar-refractivity contribution in [2.45, 2.75) is 57.5 Å². The fraction of sp³-hybridized carbons (Fsp3) is 0.577. The number of nitriles is 1. The third-order valence-electron chi connectivity index (χ3n) is 7.42. The highest BCUT2D eigenvalue weighted by atomic mass is 32.1. The standard InChI is InChI=1S/C26H30FN3O2S/c1-17-29-24(21-7-4-19(27)14-22(21)23(31)15-26(16-28)8-9-26)25(33-17)18-2-5-20(6-3-18)30-10-12-32-13-11-30/h2-3,5-6,19,21-22H,4,7-15H2,1H3/t19-,21+,22+/m0/s1. The van der Waals surface area contributed by atoms with Crippen LogP contribution in [0.15, 0.2) is 24.3 Å². The Morgan fingerprint density at radius 1 is 1.27 bits per heavy atom. The van der Waals surface area contributed by atoms with E-state index >= 15 is 0 Å². The minimum Gasteiger partial charge on any atom is -0.378 e. The quantitative estimate of drug-likeness (QED) is 0.566. The fourth-order valence-corrected chi connectivity index (χ4v) is 6.29. The van der Waals surface area contributed by atoms with E-state index in [0.717, 1.165) is 60.3 Å². The molecule has 3 fully saturated rings. The molecule has 1 aliphatic heterocycles. The predicted octanol–water partition coefficient (Wildman–Crippen LogP) is 5.44. The van der Waals surface area contributed by atoms with Crippen LogP contribution in [-0.2, 0) is 9.53 Å². The topological polar surface area (TPSA) is 66.2 Å². The second kappa shape index (κ2) is 9.15. The first-order chi connectivity index (χ1) is 16.0. The van der Waals surface area contributed by atoms with Crippen LogP contribution >= 0.6 is 11.3 Å². The van der Waals surface area contributed by atoms with Crippen LogP contribution in [-0.4, -0.2) is 43.2 Å². The summed E-state index contributed by atoms with van der Waals surface area (Å²) in [6.45, 7) is 5.28. The Bertz CT molecular complexity index is 1050. The van der Waals surface area contributed by atoms with E-state index in [1.165, 1.54) is 5.69 Å². The third kappa shape index (κ3) is 4.69. The molecular formula is C26H30FN3O2S. The van der Waals surface area contributed by atoms with E-state index in [4.69, 9.17) is 9.72 Å². The lowest BCUT2D eigenvalue weighted by Crippen LogP contribution is -2.36. The van der Waals surface area contributed by atoms with Gasteiger partial charge in [-0.05, 0) is 56.7 Å². The number of rotatable bonds is 6. The van der Waals surface area contributed by atoms with Gasteiger partial charge in [0.1, 0.15) is 12.0 Å². The van der Waals surface area contributed by atoms with Crippen molar-refractivity contribution in [2.24, 2.45) is 11.3 Å². The molecule has 5 rings (SSSR count). The molecule has 33 heavy (non-hydrogen) atoms. The lowest BCUT2D eigenvalue weighted by atomic mass is 9.72. The number of carbonyl (C=O) groups excluding carboxylic acids is 1. The molecule has 174 valence electrons. The molecule has 3 aliphatic rings. The van der Waals surface area contributed by atoms with Crippen LogP contribution < -0.4 is 4.90 Å². The first-order valence-electron chi connectivity index (χ1n) is 12.0. The van der Waals surface area contributed by atoms with Gasteiger partial charge in [-0.2, -0.15) is 5.26 Å². The summed E-state index contributed by atoms with van der Waals surface area (Å²) in [5.41, 5.74) is 2.71. The molecular weight excluding hydrogens is 437 g/mol. The zero-order valence-electron chi connectivity index (χ0n) is 19.1. The Labute approximate surface area is 198 Å². The van der Waals surface area contributed by atoms with E-state index in [0.29, 0.717) is 12.8 Å². The number of hydrogen-bond acceptors (Lipinski definition) is 6. The second-order valence-electron chi connectivity index (χ2n) is 9.75. The molecule has 5 nitrogen and oxygen atoms in total. The summed E-state index contributed by atoms with van der Waals surface area (Å²) in [5, 5.41) is 10.4. The van der Waals surface area contributed by atoms with Gasteiger partial charge in [0.2, 0.25) is 0 Å². The number of halogens is 1. The van der Waals surface area contributed by atoms with E-state index in [2.05, 4.69) is 35.2 Å². The Hall–Kier alpha value is -2.30. The number of ether oxygens (including phenoxy) is 1. The average Bonchev–Trinajstić information content (AvgIpc) is 3.51. The minimum absolute atomic E-state index is 0.0423. The molecule has 0 unspecified atom stereocenters. The smallest absolute Gasteiger partial charge is 0.138 e. The predicted molar refractivity (Wildman–Crippen MR) is 127 cm³/mol. The number of hydrogen-bond donors (Lipinski definition) is 0. The van der Waals surface area contributed by atoms with Crippen LogP contribution in [0, 0.1) is 29.6 Å². The summed E-state index contributed by atoms with van der Waals surface area (Å²) in [5.74, 6) is -0.439. The van der Waals surface area contributed by atoms with Crippen molar-refractivity contribution in [3.05, 3.63) is 35.0 Å². The van der Waals surface area contributed by atoms with Crippen molar-refractivity contribution in [1.29, 1.82) is 5.26 Å².